The van der Waals surface area contributed by atoms with E-state index in [0.717, 1.165) is 24.4 Å². The summed E-state index contributed by atoms with van der Waals surface area (Å²) in [6.45, 7) is 2.95. The zero-order valence-electron chi connectivity index (χ0n) is 9.27. The lowest BCUT2D eigenvalue weighted by Gasteiger charge is -2.04. The van der Waals surface area contributed by atoms with Gasteiger partial charge in [-0.3, -0.25) is 0 Å². The van der Waals surface area contributed by atoms with Gasteiger partial charge in [-0.05, 0) is 6.42 Å². The van der Waals surface area contributed by atoms with E-state index in [1.54, 1.807) is 7.11 Å². The highest BCUT2D eigenvalue weighted by Crippen LogP contribution is 2.22. The number of imidazole rings is 1. The highest BCUT2D eigenvalue weighted by Gasteiger charge is 2.14. The van der Waals surface area contributed by atoms with Gasteiger partial charge >= 0.3 is 0 Å². The largest absolute Gasteiger partial charge is 0.479 e. The molecular formula is C10H13ClN4O. The number of hydrogen-bond donors (Lipinski definition) is 0. The van der Waals surface area contributed by atoms with Crippen LogP contribution in [0, 0.1) is 0 Å². The molecule has 0 amide bonds. The minimum Gasteiger partial charge on any atom is -0.479 e. The smallest absolute Gasteiger partial charge is 0.245 e. The van der Waals surface area contributed by atoms with E-state index >= 15 is 0 Å². The fourth-order valence-corrected chi connectivity index (χ4v) is 1.87. The topological polar surface area (TPSA) is 52.8 Å². The summed E-state index contributed by atoms with van der Waals surface area (Å²) in [7, 11) is 1.57. The summed E-state index contributed by atoms with van der Waals surface area (Å²) >= 11 is 5.86. The number of methoxy groups -OCH3 is 1. The molecule has 2 rings (SSSR count). The summed E-state index contributed by atoms with van der Waals surface area (Å²) in [5.74, 6) is 1.66. The summed E-state index contributed by atoms with van der Waals surface area (Å²) in [4.78, 5) is 12.7. The van der Waals surface area contributed by atoms with Gasteiger partial charge in [0.25, 0.3) is 0 Å². The molecule has 0 aromatic carbocycles. The van der Waals surface area contributed by atoms with Crippen molar-refractivity contribution in [2.45, 2.75) is 25.8 Å². The number of fused-ring (bicyclic) bond motifs is 1. The molecule has 16 heavy (non-hydrogen) atoms. The first-order valence-corrected chi connectivity index (χ1v) is 5.65. The molecule has 5 nitrogen and oxygen atoms in total. The normalized spacial score (nSPS) is 10.9. The van der Waals surface area contributed by atoms with Crippen LogP contribution < -0.4 is 4.74 Å². The molecule has 0 unspecified atom stereocenters. The monoisotopic (exact) mass is 240 g/mol. The van der Waals surface area contributed by atoms with Crippen molar-refractivity contribution in [3.8, 4) is 5.88 Å². The Morgan fingerprint density at radius 2 is 2.25 bits per heavy atom. The standard InChI is InChI=1S/C10H13ClN4O/c1-3-4-15-7(5-11)14-8-9(15)12-6-13-10(8)16-2/h6H,3-5H2,1-2H3. The lowest BCUT2D eigenvalue weighted by atomic mass is 10.4. The third kappa shape index (κ3) is 1.71. The third-order valence-corrected chi connectivity index (χ3v) is 2.58. The minimum atomic E-state index is 0.361. The maximum absolute atomic E-state index is 5.86. The Balaban J connectivity index is 2.66. The molecule has 0 radical (unpaired) electrons. The second kappa shape index (κ2) is 4.65. The lowest BCUT2D eigenvalue weighted by molar-refractivity contribution is 0.401. The molecule has 86 valence electrons. The first-order chi connectivity index (χ1) is 7.81. The van der Waals surface area contributed by atoms with E-state index in [-0.39, 0.29) is 0 Å². The van der Waals surface area contributed by atoms with Crippen molar-refractivity contribution >= 4 is 22.8 Å². The van der Waals surface area contributed by atoms with Gasteiger partial charge in [0.15, 0.2) is 11.2 Å². The molecule has 0 N–H and O–H groups in total. The number of halogens is 1. The van der Waals surface area contributed by atoms with E-state index in [1.165, 1.54) is 6.33 Å². The molecule has 0 saturated heterocycles. The van der Waals surface area contributed by atoms with Gasteiger partial charge in [-0.25, -0.2) is 9.97 Å². The van der Waals surface area contributed by atoms with Crippen molar-refractivity contribution < 1.29 is 4.74 Å². The van der Waals surface area contributed by atoms with Crippen LogP contribution in [0.5, 0.6) is 5.88 Å². The molecule has 0 bridgehead atoms. The first kappa shape index (κ1) is 11.1. The minimum absolute atomic E-state index is 0.361. The predicted octanol–water partition coefficient (Wildman–Crippen LogP) is 1.98. The van der Waals surface area contributed by atoms with E-state index in [2.05, 4.69) is 21.9 Å². The van der Waals surface area contributed by atoms with Crippen LogP contribution in [0.15, 0.2) is 6.33 Å². The van der Waals surface area contributed by atoms with Crippen LogP contribution in [0.2, 0.25) is 0 Å². The van der Waals surface area contributed by atoms with Crippen LogP contribution in [0.4, 0.5) is 0 Å². The van der Waals surface area contributed by atoms with Gasteiger partial charge in [0, 0.05) is 6.54 Å². The Bertz CT molecular complexity index is 497. The van der Waals surface area contributed by atoms with Gasteiger partial charge in [0.1, 0.15) is 12.2 Å². The number of nitrogens with zero attached hydrogens (tertiary/aromatic N) is 4. The molecule has 2 aromatic heterocycles. The van der Waals surface area contributed by atoms with Crippen molar-refractivity contribution in [2.75, 3.05) is 7.11 Å². The van der Waals surface area contributed by atoms with Gasteiger partial charge in [-0.2, -0.15) is 4.98 Å². The lowest BCUT2D eigenvalue weighted by Crippen LogP contribution is -2.02. The predicted molar refractivity (Wildman–Crippen MR) is 61.7 cm³/mol. The van der Waals surface area contributed by atoms with Gasteiger partial charge < -0.3 is 9.30 Å². The van der Waals surface area contributed by atoms with E-state index in [0.29, 0.717) is 17.3 Å². The number of hydrogen-bond acceptors (Lipinski definition) is 4. The van der Waals surface area contributed by atoms with E-state index in [1.807, 2.05) is 4.57 Å². The molecule has 6 heteroatoms. The van der Waals surface area contributed by atoms with Crippen LogP contribution in [-0.2, 0) is 12.4 Å². The summed E-state index contributed by atoms with van der Waals surface area (Å²) in [6.07, 6.45) is 2.48. The summed E-state index contributed by atoms with van der Waals surface area (Å²) in [5.41, 5.74) is 1.46. The van der Waals surface area contributed by atoms with Crippen LogP contribution in [0.1, 0.15) is 19.2 Å². The molecule has 0 spiro atoms. The SMILES string of the molecule is CCCn1c(CCl)nc2c(OC)ncnc21. The molecule has 2 aromatic rings. The highest BCUT2D eigenvalue weighted by molar-refractivity contribution is 6.16. The van der Waals surface area contributed by atoms with E-state index in [9.17, 15) is 0 Å². The van der Waals surface area contributed by atoms with Crippen LogP contribution in [0.3, 0.4) is 0 Å². The molecule has 0 aliphatic heterocycles. The molecule has 0 aliphatic rings. The number of aryl methyl sites for hydroxylation is 1. The summed E-state index contributed by atoms with van der Waals surface area (Å²) < 4.78 is 7.15. The molecule has 0 fully saturated rings. The zero-order chi connectivity index (χ0) is 11.5. The van der Waals surface area contributed by atoms with Gasteiger partial charge in [0.2, 0.25) is 5.88 Å². The van der Waals surface area contributed by atoms with Gasteiger partial charge in [-0.1, -0.05) is 6.92 Å². The first-order valence-electron chi connectivity index (χ1n) is 5.11. The third-order valence-electron chi connectivity index (χ3n) is 2.34. The van der Waals surface area contributed by atoms with E-state index in [4.69, 9.17) is 16.3 Å². The Morgan fingerprint density at radius 1 is 1.44 bits per heavy atom. The van der Waals surface area contributed by atoms with Crippen molar-refractivity contribution in [1.29, 1.82) is 0 Å². The average molecular weight is 241 g/mol. The van der Waals surface area contributed by atoms with Gasteiger partial charge in [0.05, 0.1) is 13.0 Å². The maximum Gasteiger partial charge on any atom is 0.245 e. The Labute approximate surface area is 98.4 Å². The Morgan fingerprint density at radius 3 is 2.88 bits per heavy atom. The fourth-order valence-electron chi connectivity index (χ4n) is 1.67. The molecule has 0 aliphatic carbocycles. The molecule has 0 saturated carbocycles. The van der Waals surface area contributed by atoms with Crippen LogP contribution in [-0.4, -0.2) is 26.6 Å². The molecule has 2 heterocycles. The summed E-state index contributed by atoms with van der Waals surface area (Å²) in [6, 6.07) is 0. The van der Waals surface area contributed by atoms with Crippen molar-refractivity contribution in [1.82, 2.24) is 19.5 Å². The Hall–Kier alpha value is -1.36. The van der Waals surface area contributed by atoms with E-state index < -0.39 is 0 Å². The van der Waals surface area contributed by atoms with Crippen LogP contribution in [0.25, 0.3) is 11.2 Å². The Kier molecular flexibility index (Phi) is 3.24. The zero-order valence-corrected chi connectivity index (χ0v) is 10.0. The highest BCUT2D eigenvalue weighted by atomic mass is 35.5. The second-order valence-electron chi connectivity index (χ2n) is 3.37. The van der Waals surface area contributed by atoms with Gasteiger partial charge in [-0.15, -0.1) is 11.6 Å². The molecule has 0 atom stereocenters. The molecular weight excluding hydrogens is 228 g/mol. The maximum atomic E-state index is 5.86. The van der Waals surface area contributed by atoms with Crippen molar-refractivity contribution in [3.05, 3.63) is 12.2 Å². The van der Waals surface area contributed by atoms with Crippen LogP contribution >= 0.6 is 11.6 Å². The van der Waals surface area contributed by atoms with Crippen molar-refractivity contribution in [2.24, 2.45) is 0 Å². The number of aromatic nitrogens is 4. The van der Waals surface area contributed by atoms with Crippen molar-refractivity contribution in [3.63, 3.8) is 0 Å². The number of rotatable bonds is 4. The number of ether oxygens (including phenoxy) is 1. The summed E-state index contributed by atoms with van der Waals surface area (Å²) in [5, 5.41) is 0. The quantitative estimate of drug-likeness (QED) is 0.767. The average Bonchev–Trinajstić information content (AvgIpc) is 2.68. The second-order valence-corrected chi connectivity index (χ2v) is 3.64. The fraction of sp³-hybridized carbons (Fsp3) is 0.500. The number of alkyl halides is 1.